The van der Waals surface area contributed by atoms with Crippen molar-refractivity contribution in [2.45, 2.75) is 13.0 Å². The summed E-state index contributed by atoms with van der Waals surface area (Å²) in [4.78, 5) is 15.0. The van der Waals surface area contributed by atoms with Gasteiger partial charge < -0.3 is 9.30 Å². The van der Waals surface area contributed by atoms with Crippen LogP contribution >= 0.6 is 0 Å². The van der Waals surface area contributed by atoms with E-state index in [2.05, 4.69) is 9.55 Å². The summed E-state index contributed by atoms with van der Waals surface area (Å²) in [6, 6.07) is 5.62. The fourth-order valence-electron chi connectivity index (χ4n) is 2.31. The minimum absolute atomic E-state index is 0.582. The normalized spacial score (nSPS) is 19.9. The van der Waals surface area contributed by atoms with Gasteiger partial charge in [0, 0.05) is 24.6 Å². The number of nitrogens with zero attached hydrogens (tertiary/aromatic N) is 2. The van der Waals surface area contributed by atoms with Crippen molar-refractivity contribution < 1.29 is 9.53 Å². The fourth-order valence-corrected chi connectivity index (χ4v) is 2.31. The molecule has 2 heterocycles. The molecule has 1 saturated heterocycles. The van der Waals surface area contributed by atoms with Crippen LogP contribution in [-0.4, -0.2) is 29.1 Å². The summed E-state index contributed by atoms with van der Waals surface area (Å²) in [6.45, 7) is 2.65. The highest BCUT2D eigenvalue weighted by Crippen LogP contribution is 2.19. The molecule has 0 aliphatic carbocycles. The van der Waals surface area contributed by atoms with Crippen LogP contribution in [0.3, 0.4) is 0 Å². The van der Waals surface area contributed by atoms with Gasteiger partial charge in [-0.25, -0.2) is 4.98 Å². The number of aldehydes is 1. The third-order valence-corrected chi connectivity index (χ3v) is 3.26. The highest BCUT2D eigenvalue weighted by atomic mass is 16.5. The van der Waals surface area contributed by atoms with Crippen LogP contribution in [0, 0.1) is 5.92 Å². The molecule has 1 aromatic heterocycles. The fraction of sp³-hybridized carbons (Fsp3) is 0.385. The van der Waals surface area contributed by atoms with Crippen molar-refractivity contribution >= 4 is 17.3 Å². The van der Waals surface area contributed by atoms with Crippen LogP contribution in [-0.2, 0) is 11.3 Å². The maximum absolute atomic E-state index is 10.7. The van der Waals surface area contributed by atoms with Gasteiger partial charge in [0.25, 0.3) is 0 Å². The van der Waals surface area contributed by atoms with E-state index in [-0.39, 0.29) is 0 Å². The molecule has 17 heavy (non-hydrogen) atoms. The number of hydrogen-bond acceptors (Lipinski definition) is 3. The van der Waals surface area contributed by atoms with E-state index in [9.17, 15) is 4.79 Å². The van der Waals surface area contributed by atoms with Gasteiger partial charge in [0.1, 0.15) is 6.29 Å². The molecule has 2 aromatic rings. The lowest BCUT2D eigenvalue weighted by Crippen LogP contribution is -2.09. The molecule has 1 unspecified atom stereocenters. The molecular weight excluding hydrogens is 216 g/mol. The molecule has 0 saturated carbocycles. The molecule has 0 radical (unpaired) electrons. The molecule has 4 nitrogen and oxygen atoms in total. The number of hydrogen-bond donors (Lipinski definition) is 0. The van der Waals surface area contributed by atoms with Gasteiger partial charge in [0.2, 0.25) is 0 Å². The van der Waals surface area contributed by atoms with E-state index in [1.165, 1.54) is 0 Å². The Bertz CT molecular complexity index is 541. The first kappa shape index (κ1) is 10.5. The molecule has 0 bridgehead atoms. The number of ether oxygens (including phenoxy) is 1. The molecule has 1 aliphatic rings. The Balaban J connectivity index is 1.91. The first-order valence-corrected chi connectivity index (χ1v) is 5.84. The SMILES string of the molecule is O=Cc1ccc2c(c1)ncn2CC1CCOC1. The molecular formula is C13H14N2O2. The molecule has 1 aromatic carbocycles. The maximum atomic E-state index is 10.7. The Kier molecular flexibility index (Phi) is 2.65. The lowest BCUT2D eigenvalue weighted by molar-refractivity contribution is 0.112. The second-order valence-electron chi connectivity index (χ2n) is 4.49. The molecule has 0 spiro atoms. The average molecular weight is 230 g/mol. The van der Waals surface area contributed by atoms with E-state index in [4.69, 9.17) is 4.74 Å². The number of rotatable bonds is 3. The standard InChI is InChI=1S/C13H14N2O2/c16-7-10-1-2-13-12(5-10)14-9-15(13)6-11-3-4-17-8-11/h1-2,5,7,9,11H,3-4,6,8H2. The number of carbonyl (C=O) groups is 1. The van der Waals surface area contributed by atoms with Gasteiger partial charge >= 0.3 is 0 Å². The summed E-state index contributed by atoms with van der Waals surface area (Å²) < 4.78 is 7.52. The van der Waals surface area contributed by atoms with Gasteiger partial charge in [-0.3, -0.25) is 4.79 Å². The van der Waals surface area contributed by atoms with Crippen LogP contribution in [0.2, 0.25) is 0 Å². The molecule has 0 N–H and O–H groups in total. The van der Waals surface area contributed by atoms with Gasteiger partial charge in [-0.15, -0.1) is 0 Å². The number of imidazole rings is 1. The number of fused-ring (bicyclic) bond motifs is 1. The third-order valence-electron chi connectivity index (χ3n) is 3.26. The Hall–Kier alpha value is -1.68. The third kappa shape index (κ3) is 1.96. The van der Waals surface area contributed by atoms with Crippen molar-refractivity contribution in [3.05, 3.63) is 30.1 Å². The first-order valence-electron chi connectivity index (χ1n) is 5.84. The first-order chi connectivity index (χ1) is 8.36. The van der Waals surface area contributed by atoms with E-state index in [0.29, 0.717) is 11.5 Å². The Morgan fingerprint density at radius 3 is 3.24 bits per heavy atom. The van der Waals surface area contributed by atoms with Gasteiger partial charge in [-0.05, 0) is 24.6 Å². The molecule has 1 aliphatic heterocycles. The second-order valence-corrected chi connectivity index (χ2v) is 4.49. The van der Waals surface area contributed by atoms with E-state index in [0.717, 1.165) is 43.5 Å². The van der Waals surface area contributed by atoms with Crippen LogP contribution in [0.25, 0.3) is 11.0 Å². The lowest BCUT2D eigenvalue weighted by Gasteiger charge is -2.09. The van der Waals surface area contributed by atoms with E-state index in [1.54, 1.807) is 0 Å². The maximum Gasteiger partial charge on any atom is 0.150 e. The topological polar surface area (TPSA) is 44.1 Å². The van der Waals surface area contributed by atoms with Crippen LogP contribution < -0.4 is 0 Å². The van der Waals surface area contributed by atoms with Crippen LogP contribution in [0.1, 0.15) is 16.8 Å². The van der Waals surface area contributed by atoms with Crippen LogP contribution in [0.15, 0.2) is 24.5 Å². The summed E-state index contributed by atoms with van der Waals surface area (Å²) in [6.07, 6.45) is 3.81. The second kappa shape index (κ2) is 4.30. The van der Waals surface area contributed by atoms with Crippen LogP contribution in [0.4, 0.5) is 0 Å². The van der Waals surface area contributed by atoms with Crippen molar-refractivity contribution in [3.63, 3.8) is 0 Å². The number of aromatic nitrogens is 2. The molecule has 88 valence electrons. The number of carbonyl (C=O) groups excluding carboxylic acids is 1. The van der Waals surface area contributed by atoms with Crippen molar-refractivity contribution in [3.8, 4) is 0 Å². The Morgan fingerprint density at radius 1 is 1.53 bits per heavy atom. The highest BCUT2D eigenvalue weighted by Gasteiger charge is 2.17. The summed E-state index contributed by atoms with van der Waals surface area (Å²) in [7, 11) is 0. The highest BCUT2D eigenvalue weighted by molar-refractivity contribution is 5.84. The molecule has 1 fully saturated rings. The summed E-state index contributed by atoms with van der Waals surface area (Å²) in [5.41, 5.74) is 2.64. The molecule has 0 amide bonds. The quantitative estimate of drug-likeness (QED) is 0.756. The summed E-state index contributed by atoms with van der Waals surface area (Å²) in [5, 5.41) is 0. The smallest absolute Gasteiger partial charge is 0.150 e. The van der Waals surface area contributed by atoms with Gasteiger partial charge in [-0.1, -0.05) is 0 Å². The van der Waals surface area contributed by atoms with Crippen molar-refractivity contribution in [1.29, 1.82) is 0 Å². The molecule has 3 rings (SSSR count). The van der Waals surface area contributed by atoms with Crippen LogP contribution in [0.5, 0.6) is 0 Å². The average Bonchev–Trinajstić information content (AvgIpc) is 2.99. The molecule has 4 heteroatoms. The van der Waals surface area contributed by atoms with Crippen molar-refractivity contribution in [2.75, 3.05) is 13.2 Å². The van der Waals surface area contributed by atoms with E-state index >= 15 is 0 Å². The summed E-state index contributed by atoms with van der Waals surface area (Å²) in [5.74, 6) is 0.582. The zero-order valence-corrected chi connectivity index (χ0v) is 9.50. The zero-order chi connectivity index (χ0) is 11.7. The van der Waals surface area contributed by atoms with Crippen molar-refractivity contribution in [1.82, 2.24) is 9.55 Å². The van der Waals surface area contributed by atoms with E-state index in [1.807, 2.05) is 24.5 Å². The predicted octanol–water partition coefficient (Wildman–Crippen LogP) is 1.89. The van der Waals surface area contributed by atoms with Crippen molar-refractivity contribution in [2.24, 2.45) is 5.92 Å². The lowest BCUT2D eigenvalue weighted by atomic mass is 10.1. The minimum Gasteiger partial charge on any atom is -0.381 e. The van der Waals surface area contributed by atoms with Gasteiger partial charge in [0.15, 0.2) is 0 Å². The minimum atomic E-state index is 0.582. The Labute approximate surface area is 99.2 Å². The number of benzene rings is 1. The largest absolute Gasteiger partial charge is 0.381 e. The zero-order valence-electron chi connectivity index (χ0n) is 9.50. The Morgan fingerprint density at radius 2 is 2.47 bits per heavy atom. The molecule has 1 atom stereocenters. The van der Waals surface area contributed by atoms with Gasteiger partial charge in [-0.2, -0.15) is 0 Å². The predicted molar refractivity (Wildman–Crippen MR) is 64.0 cm³/mol. The van der Waals surface area contributed by atoms with E-state index < -0.39 is 0 Å². The monoisotopic (exact) mass is 230 g/mol. The van der Waals surface area contributed by atoms with Gasteiger partial charge in [0.05, 0.1) is 24.0 Å². The summed E-state index contributed by atoms with van der Waals surface area (Å²) >= 11 is 0.